The molecule has 0 radical (unpaired) electrons. The number of benzene rings is 1. The molecule has 1 aromatic rings. The van der Waals surface area contributed by atoms with Crippen LogP contribution in [-0.4, -0.2) is 23.4 Å². The summed E-state index contributed by atoms with van der Waals surface area (Å²) in [7, 11) is 0. The van der Waals surface area contributed by atoms with Crippen molar-refractivity contribution in [3.8, 4) is 0 Å². The fourth-order valence-corrected chi connectivity index (χ4v) is 2.21. The molecule has 1 saturated heterocycles. The molecule has 8 heteroatoms. The van der Waals surface area contributed by atoms with Gasteiger partial charge in [0.25, 0.3) is 5.69 Å². The standard InChI is InChI=1S/C12H13F2N3O3/c1-6-2-3-15-10(6)12(18)16-11-8(14)4-7(13)5-9(11)17(19)20/h4-6,10,15H,2-3H2,1H3,(H,16,18). The number of halogens is 2. The van der Waals surface area contributed by atoms with Crippen LogP contribution in [0.15, 0.2) is 12.1 Å². The molecule has 20 heavy (non-hydrogen) atoms. The Kier molecular flexibility index (Phi) is 3.93. The van der Waals surface area contributed by atoms with E-state index >= 15 is 0 Å². The highest BCUT2D eigenvalue weighted by atomic mass is 19.1. The van der Waals surface area contributed by atoms with E-state index in [1.54, 1.807) is 0 Å². The van der Waals surface area contributed by atoms with Gasteiger partial charge in [0.2, 0.25) is 5.91 Å². The molecule has 1 aromatic carbocycles. The van der Waals surface area contributed by atoms with Gasteiger partial charge in [-0.2, -0.15) is 0 Å². The second-order valence-corrected chi connectivity index (χ2v) is 4.73. The number of hydrogen-bond donors (Lipinski definition) is 2. The van der Waals surface area contributed by atoms with Crippen LogP contribution in [0.3, 0.4) is 0 Å². The van der Waals surface area contributed by atoms with E-state index in [4.69, 9.17) is 0 Å². The van der Waals surface area contributed by atoms with Crippen molar-refractivity contribution in [2.45, 2.75) is 19.4 Å². The van der Waals surface area contributed by atoms with Crippen molar-refractivity contribution < 1.29 is 18.5 Å². The molecular weight excluding hydrogens is 272 g/mol. The Morgan fingerprint density at radius 2 is 2.20 bits per heavy atom. The van der Waals surface area contributed by atoms with Gasteiger partial charge in [-0.15, -0.1) is 0 Å². The Morgan fingerprint density at radius 1 is 1.50 bits per heavy atom. The lowest BCUT2D eigenvalue weighted by Crippen LogP contribution is -2.39. The monoisotopic (exact) mass is 285 g/mol. The fraction of sp³-hybridized carbons (Fsp3) is 0.417. The molecule has 0 saturated carbocycles. The molecule has 108 valence electrons. The van der Waals surface area contributed by atoms with Gasteiger partial charge in [0.05, 0.1) is 17.0 Å². The molecule has 1 fully saturated rings. The van der Waals surface area contributed by atoms with Crippen molar-refractivity contribution in [2.24, 2.45) is 5.92 Å². The van der Waals surface area contributed by atoms with E-state index in [0.29, 0.717) is 18.7 Å². The number of nitro groups is 1. The summed E-state index contributed by atoms with van der Waals surface area (Å²) in [5.41, 5.74) is -1.41. The fourth-order valence-electron chi connectivity index (χ4n) is 2.21. The first kappa shape index (κ1) is 14.3. The highest BCUT2D eigenvalue weighted by Crippen LogP contribution is 2.29. The van der Waals surface area contributed by atoms with E-state index in [2.05, 4.69) is 10.6 Å². The van der Waals surface area contributed by atoms with Gasteiger partial charge >= 0.3 is 0 Å². The molecule has 0 bridgehead atoms. The second-order valence-electron chi connectivity index (χ2n) is 4.73. The Morgan fingerprint density at radius 3 is 2.75 bits per heavy atom. The van der Waals surface area contributed by atoms with Crippen molar-refractivity contribution in [3.05, 3.63) is 33.9 Å². The lowest BCUT2D eigenvalue weighted by Gasteiger charge is -2.15. The largest absolute Gasteiger partial charge is 0.317 e. The van der Waals surface area contributed by atoms with E-state index in [9.17, 15) is 23.7 Å². The number of amides is 1. The molecular formula is C12H13F2N3O3. The van der Waals surface area contributed by atoms with Crippen LogP contribution >= 0.6 is 0 Å². The van der Waals surface area contributed by atoms with Crippen molar-refractivity contribution >= 4 is 17.3 Å². The van der Waals surface area contributed by atoms with Crippen LogP contribution in [0.4, 0.5) is 20.2 Å². The number of nitrogens with one attached hydrogen (secondary N) is 2. The zero-order valence-corrected chi connectivity index (χ0v) is 10.7. The number of carbonyl (C=O) groups is 1. The zero-order valence-electron chi connectivity index (χ0n) is 10.7. The van der Waals surface area contributed by atoms with Gasteiger partial charge in [-0.05, 0) is 18.9 Å². The number of rotatable bonds is 3. The predicted molar refractivity (Wildman–Crippen MR) is 67.2 cm³/mol. The summed E-state index contributed by atoms with van der Waals surface area (Å²) >= 11 is 0. The maximum atomic E-state index is 13.6. The molecule has 2 unspecified atom stereocenters. The van der Waals surface area contributed by atoms with Crippen molar-refractivity contribution in [3.63, 3.8) is 0 Å². The Hall–Kier alpha value is -2.09. The van der Waals surface area contributed by atoms with Crippen LogP contribution in [0.5, 0.6) is 0 Å². The first-order valence-corrected chi connectivity index (χ1v) is 6.08. The smallest absolute Gasteiger partial charge is 0.298 e. The average Bonchev–Trinajstić information content (AvgIpc) is 2.78. The Balaban J connectivity index is 2.29. The molecule has 6 nitrogen and oxygen atoms in total. The maximum Gasteiger partial charge on any atom is 0.298 e. The van der Waals surface area contributed by atoms with Gasteiger partial charge in [-0.25, -0.2) is 8.78 Å². The normalized spacial score (nSPS) is 21.8. The van der Waals surface area contributed by atoms with Gasteiger partial charge < -0.3 is 10.6 Å². The van der Waals surface area contributed by atoms with Gasteiger partial charge in [0.1, 0.15) is 5.82 Å². The molecule has 2 rings (SSSR count). The lowest BCUT2D eigenvalue weighted by atomic mass is 10.0. The summed E-state index contributed by atoms with van der Waals surface area (Å²) < 4.78 is 26.6. The first-order valence-electron chi connectivity index (χ1n) is 6.08. The molecule has 2 N–H and O–H groups in total. The quantitative estimate of drug-likeness (QED) is 0.655. The molecule has 1 aliphatic heterocycles. The Bertz CT molecular complexity index is 565. The van der Waals surface area contributed by atoms with Crippen LogP contribution in [0, 0.1) is 27.7 Å². The van der Waals surface area contributed by atoms with E-state index in [0.717, 1.165) is 6.42 Å². The summed E-state index contributed by atoms with van der Waals surface area (Å²) in [4.78, 5) is 21.8. The van der Waals surface area contributed by atoms with E-state index in [1.165, 1.54) is 0 Å². The van der Waals surface area contributed by atoms with Crippen LogP contribution in [0.25, 0.3) is 0 Å². The first-order chi connectivity index (χ1) is 9.40. The molecule has 1 amide bonds. The summed E-state index contributed by atoms with van der Waals surface area (Å²) in [5.74, 6) is -2.77. The summed E-state index contributed by atoms with van der Waals surface area (Å²) in [6.07, 6.45) is 0.784. The van der Waals surface area contributed by atoms with Crippen molar-refractivity contribution in [1.29, 1.82) is 0 Å². The topological polar surface area (TPSA) is 84.3 Å². The number of carbonyl (C=O) groups excluding carboxylic acids is 1. The van der Waals surface area contributed by atoms with Gasteiger partial charge in [0, 0.05) is 6.07 Å². The number of nitrogens with zero attached hydrogens (tertiary/aromatic N) is 1. The molecule has 0 aliphatic carbocycles. The second kappa shape index (κ2) is 5.49. The SMILES string of the molecule is CC1CCNC1C(=O)Nc1c(F)cc(F)cc1[N+](=O)[O-]. The third-order valence-corrected chi connectivity index (χ3v) is 3.29. The van der Waals surface area contributed by atoms with Crippen LogP contribution in [0.1, 0.15) is 13.3 Å². The number of hydrogen-bond acceptors (Lipinski definition) is 4. The van der Waals surface area contributed by atoms with Crippen LogP contribution < -0.4 is 10.6 Å². The Labute approximate surface area is 113 Å². The van der Waals surface area contributed by atoms with E-state index < -0.39 is 39.9 Å². The highest BCUT2D eigenvalue weighted by molar-refractivity contribution is 5.97. The number of nitro benzene ring substituents is 1. The maximum absolute atomic E-state index is 13.6. The van der Waals surface area contributed by atoms with Crippen LogP contribution in [-0.2, 0) is 4.79 Å². The summed E-state index contributed by atoms with van der Waals surface area (Å²) in [6, 6.07) is 0.525. The van der Waals surface area contributed by atoms with Crippen molar-refractivity contribution in [2.75, 3.05) is 11.9 Å². The molecule has 1 heterocycles. The van der Waals surface area contributed by atoms with Crippen molar-refractivity contribution in [1.82, 2.24) is 5.32 Å². The minimum atomic E-state index is -1.17. The molecule has 2 atom stereocenters. The summed E-state index contributed by atoms with van der Waals surface area (Å²) in [6.45, 7) is 2.49. The minimum absolute atomic E-state index is 0.0394. The third-order valence-electron chi connectivity index (χ3n) is 3.29. The molecule has 0 spiro atoms. The summed E-state index contributed by atoms with van der Waals surface area (Å²) in [5, 5.41) is 15.9. The number of anilines is 1. The zero-order chi connectivity index (χ0) is 14.9. The van der Waals surface area contributed by atoms with Gasteiger partial charge in [-0.1, -0.05) is 6.92 Å². The minimum Gasteiger partial charge on any atom is -0.317 e. The molecule has 0 aromatic heterocycles. The molecule has 1 aliphatic rings. The average molecular weight is 285 g/mol. The van der Waals surface area contributed by atoms with E-state index in [1.807, 2.05) is 6.92 Å². The van der Waals surface area contributed by atoms with Gasteiger partial charge in [-0.3, -0.25) is 14.9 Å². The van der Waals surface area contributed by atoms with E-state index in [-0.39, 0.29) is 5.92 Å². The van der Waals surface area contributed by atoms with Crippen LogP contribution in [0.2, 0.25) is 0 Å². The predicted octanol–water partition coefficient (Wildman–Crippen LogP) is 1.81. The van der Waals surface area contributed by atoms with Gasteiger partial charge in [0.15, 0.2) is 11.5 Å². The highest BCUT2D eigenvalue weighted by Gasteiger charge is 2.31. The third kappa shape index (κ3) is 2.74. The lowest BCUT2D eigenvalue weighted by molar-refractivity contribution is -0.384.